The minimum absolute atomic E-state index is 0.176. The topological polar surface area (TPSA) is 154 Å². The SMILES string of the molecule is O=C[C@@H](O)CO[C@H]1O[C@H](C(=O)O)[C@@H](O)[C@H](O)[C@H]1O. The quantitative estimate of drug-likeness (QED) is 0.318. The summed E-state index contributed by atoms with van der Waals surface area (Å²) in [5.74, 6) is -1.54. The van der Waals surface area contributed by atoms with Crippen LogP contribution in [-0.4, -0.2) is 81.2 Å². The van der Waals surface area contributed by atoms with Gasteiger partial charge in [-0.3, -0.25) is 0 Å². The number of hydrogen-bond donors (Lipinski definition) is 5. The molecule has 0 radical (unpaired) electrons. The third kappa shape index (κ3) is 3.22. The molecule has 0 bridgehead atoms. The third-order valence-corrected chi connectivity index (χ3v) is 2.40. The zero-order valence-electron chi connectivity index (χ0n) is 9.12. The highest BCUT2D eigenvalue weighted by Crippen LogP contribution is 2.22. The number of carboxylic acid groups (broad SMARTS) is 1. The minimum atomic E-state index is -1.81. The number of aliphatic hydroxyl groups is 4. The molecule has 18 heavy (non-hydrogen) atoms. The summed E-state index contributed by atoms with van der Waals surface area (Å²) in [6.45, 7) is -0.541. The molecule has 0 unspecified atom stereocenters. The second-order valence-electron chi connectivity index (χ2n) is 3.77. The molecule has 0 aromatic heterocycles. The van der Waals surface area contributed by atoms with Crippen molar-refractivity contribution in [3.8, 4) is 0 Å². The Bertz CT molecular complexity index is 306. The Hall–Kier alpha value is -1.10. The molecule has 0 aliphatic carbocycles. The highest BCUT2D eigenvalue weighted by atomic mass is 16.7. The maximum Gasteiger partial charge on any atom is 0.335 e. The third-order valence-electron chi connectivity index (χ3n) is 2.40. The fourth-order valence-electron chi connectivity index (χ4n) is 1.42. The van der Waals surface area contributed by atoms with Crippen LogP contribution in [0.5, 0.6) is 0 Å². The van der Waals surface area contributed by atoms with E-state index >= 15 is 0 Å². The van der Waals surface area contributed by atoms with E-state index in [4.69, 9.17) is 19.7 Å². The molecule has 1 saturated heterocycles. The number of carbonyl (C=O) groups excluding carboxylic acids is 1. The predicted molar refractivity (Wildman–Crippen MR) is 52.3 cm³/mol. The van der Waals surface area contributed by atoms with Crippen LogP contribution in [0.4, 0.5) is 0 Å². The van der Waals surface area contributed by atoms with Crippen LogP contribution in [0.25, 0.3) is 0 Å². The van der Waals surface area contributed by atoms with E-state index in [1.807, 2.05) is 0 Å². The Morgan fingerprint density at radius 2 is 1.89 bits per heavy atom. The number of carboxylic acids is 1. The summed E-state index contributed by atoms with van der Waals surface area (Å²) in [4.78, 5) is 20.8. The molecule has 9 heteroatoms. The van der Waals surface area contributed by atoms with Crippen LogP contribution in [0, 0.1) is 0 Å². The molecule has 1 heterocycles. The van der Waals surface area contributed by atoms with Crippen molar-refractivity contribution >= 4 is 12.3 Å². The van der Waals surface area contributed by atoms with Gasteiger partial charge in [-0.1, -0.05) is 0 Å². The number of aliphatic carboxylic acids is 1. The number of aliphatic hydroxyl groups excluding tert-OH is 4. The van der Waals surface area contributed by atoms with E-state index in [0.29, 0.717) is 0 Å². The van der Waals surface area contributed by atoms with E-state index in [-0.39, 0.29) is 6.29 Å². The summed E-state index contributed by atoms with van der Waals surface area (Å²) >= 11 is 0. The van der Waals surface area contributed by atoms with Crippen molar-refractivity contribution in [1.82, 2.24) is 0 Å². The number of aldehydes is 1. The Kier molecular flexibility index (Phi) is 5.14. The lowest BCUT2D eigenvalue weighted by Crippen LogP contribution is -2.60. The number of rotatable bonds is 5. The van der Waals surface area contributed by atoms with Gasteiger partial charge >= 0.3 is 5.97 Å². The van der Waals surface area contributed by atoms with Crippen molar-refractivity contribution in [3.63, 3.8) is 0 Å². The number of carbonyl (C=O) groups is 2. The zero-order chi connectivity index (χ0) is 13.9. The first-order valence-corrected chi connectivity index (χ1v) is 5.06. The van der Waals surface area contributed by atoms with Gasteiger partial charge in [-0.2, -0.15) is 0 Å². The van der Waals surface area contributed by atoms with Crippen LogP contribution >= 0.6 is 0 Å². The van der Waals surface area contributed by atoms with Crippen molar-refractivity contribution < 1.29 is 44.6 Å². The van der Waals surface area contributed by atoms with E-state index in [1.165, 1.54) is 0 Å². The standard InChI is InChI=1S/C9H14O9/c10-1-3(11)2-17-9-6(14)4(12)5(13)7(18-9)8(15)16/h1,3-7,9,11-14H,2H2,(H,15,16)/t3-,4+,5+,6-,7+,9+/m1/s1. The van der Waals surface area contributed by atoms with Crippen LogP contribution in [0.3, 0.4) is 0 Å². The average Bonchev–Trinajstić information content (AvgIpc) is 2.34. The lowest BCUT2D eigenvalue weighted by molar-refractivity contribution is -0.296. The molecule has 104 valence electrons. The summed E-state index contributed by atoms with van der Waals surface area (Å²) in [6.07, 6.45) is -9.93. The van der Waals surface area contributed by atoms with Crippen molar-refractivity contribution in [2.24, 2.45) is 0 Å². The molecule has 6 atom stereocenters. The average molecular weight is 266 g/mol. The number of hydrogen-bond acceptors (Lipinski definition) is 8. The molecule has 0 aromatic rings. The molecule has 0 aromatic carbocycles. The molecule has 1 rings (SSSR count). The van der Waals surface area contributed by atoms with Gasteiger partial charge in [0.05, 0.1) is 6.61 Å². The van der Waals surface area contributed by atoms with Gasteiger partial charge in [0.1, 0.15) is 24.4 Å². The Balaban J connectivity index is 2.67. The number of ether oxygens (including phenoxy) is 2. The fourth-order valence-corrected chi connectivity index (χ4v) is 1.42. The van der Waals surface area contributed by atoms with E-state index in [2.05, 4.69) is 0 Å². The second kappa shape index (κ2) is 6.18. The van der Waals surface area contributed by atoms with Gasteiger partial charge in [0.25, 0.3) is 0 Å². The molecule has 0 saturated carbocycles. The van der Waals surface area contributed by atoms with Crippen LogP contribution in [0.2, 0.25) is 0 Å². The molecule has 1 fully saturated rings. The van der Waals surface area contributed by atoms with Crippen LogP contribution in [0.15, 0.2) is 0 Å². The van der Waals surface area contributed by atoms with Crippen LogP contribution < -0.4 is 0 Å². The highest BCUT2D eigenvalue weighted by Gasteiger charge is 2.47. The van der Waals surface area contributed by atoms with Gasteiger partial charge in [0.2, 0.25) is 0 Å². The molecule has 1 aliphatic heterocycles. The summed E-state index contributed by atoms with van der Waals surface area (Å²) in [5.41, 5.74) is 0. The van der Waals surface area contributed by atoms with Crippen molar-refractivity contribution in [2.45, 2.75) is 36.8 Å². The second-order valence-corrected chi connectivity index (χ2v) is 3.77. The Labute approximate surface area is 101 Å². The van der Waals surface area contributed by atoms with E-state index < -0.39 is 49.4 Å². The lowest BCUT2D eigenvalue weighted by atomic mass is 9.99. The van der Waals surface area contributed by atoms with E-state index in [1.54, 1.807) is 0 Å². The lowest BCUT2D eigenvalue weighted by Gasteiger charge is -2.38. The fraction of sp³-hybridized carbons (Fsp3) is 0.778. The van der Waals surface area contributed by atoms with Gasteiger partial charge in [-0.25, -0.2) is 4.79 Å². The molecule has 9 nitrogen and oxygen atoms in total. The van der Waals surface area contributed by atoms with Crippen molar-refractivity contribution in [3.05, 3.63) is 0 Å². The molecular formula is C9H14O9. The van der Waals surface area contributed by atoms with Crippen molar-refractivity contribution in [2.75, 3.05) is 6.61 Å². The van der Waals surface area contributed by atoms with Gasteiger partial charge < -0.3 is 39.8 Å². The van der Waals surface area contributed by atoms with Gasteiger partial charge in [-0.05, 0) is 0 Å². The summed E-state index contributed by atoms with van der Waals surface area (Å²) in [6, 6.07) is 0. The smallest absolute Gasteiger partial charge is 0.335 e. The van der Waals surface area contributed by atoms with Crippen LogP contribution in [0.1, 0.15) is 0 Å². The van der Waals surface area contributed by atoms with E-state index in [0.717, 1.165) is 0 Å². The van der Waals surface area contributed by atoms with E-state index in [9.17, 15) is 24.9 Å². The maximum absolute atomic E-state index is 10.7. The predicted octanol–water partition coefficient (Wildman–Crippen LogP) is -3.54. The molecule has 0 amide bonds. The molecule has 5 N–H and O–H groups in total. The Morgan fingerprint density at radius 1 is 1.28 bits per heavy atom. The summed E-state index contributed by atoms with van der Waals surface area (Å²) in [5, 5.41) is 45.8. The summed E-state index contributed by atoms with van der Waals surface area (Å²) < 4.78 is 9.49. The first kappa shape index (κ1) is 15.0. The Morgan fingerprint density at radius 3 is 2.39 bits per heavy atom. The highest BCUT2D eigenvalue weighted by molar-refractivity contribution is 5.73. The first-order valence-electron chi connectivity index (χ1n) is 5.06. The van der Waals surface area contributed by atoms with Crippen LogP contribution in [-0.2, 0) is 19.1 Å². The van der Waals surface area contributed by atoms with Gasteiger partial charge in [0, 0.05) is 0 Å². The molecule has 0 spiro atoms. The van der Waals surface area contributed by atoms with Gasteiger partial charge in [-0.15, -0.1) is 0 Å². The van der Waals surface area contributed by atoms with Crippen molar-refractivity contribution in [1.29, 1.82) is 0 Å². The maximum atomic E-state index is 10.7. The zero-order valence-corrected chi connectivity index (χ0v) is 9.12. The normalized spacial score (nSPS) is 38.1. The molecule has 1 aliphatic rings. The summed E-state index contributed by atoms with van der Waals surface area (Å²) in [7, 11) is 0. The largest absolute Gasteiger partial charge is 0.479 e. The first-order chi connectivity index (χ1) is 8.38. The molecular weight excluding hydrogens is 252 g/mol. The minimum Gasteiger partial charge on any atom is -0.479 e. The van der Waals surface area contributed by atoms with Gasteiger partial charge in [0.15, 0.2) is 18.7 Å². The monoisotopic (exact) mass is 266 g/mol.